The molecule has 1 fully saturated rings. The molecule has 1 aliphatic heterocycles. The van der Waals surface area contributed by atoms with E-state index in [1.807, 2.05) is 54.6 Å². The van der Waals surface area contributed by atoms with Crippen LogP contribution in [0.4, 0.5) is 4.79 Å². The maximum atomic E-state index is 12.6. The molecule has 0 saturated carbocycles. The van der Waals surface area contributed by atoms with Crippen molar-refractivity contribution in [3.05, 3.63) is 65.7 Å². The highest BCUT2D eigenvalue weighted by molar-refractivity contribution is 5.93. The fourth-order valence-corrected chi connectivity index (χ4v) is 3.00. The molecule has 0 radical (unpaired) electrons. The second-order valence-corrected chi connectivity index (χ2v) is 6.04. The van der Waals surface area contributed by atoms with E-state index in [1.165, 1.54) is 4.90 Å². The molecule has 0 aromatic heterocycles. The Bertz CT molecular complexity index is 744. The quantitative estimate of drug-likeness (QED) is 0.811. The van der Waals surface area contributed by atoms with Crippen LogP contribution >= 0.6 is 0 Å². The van der Waals surface area contributed by atoms with Crippen LogP contribution in [-0.2, 0) is 22.4 Å². The van der Waals surface area contributed by atoms with Gasteiger partial charge in [0.05, 0.1) is 13.2 Å². The molecule has 0 bridgehead atoms. The number of ether oxygens (including phenoxy) is 2. The average molecular weight is 339 g/mol. The van der Waals surface area contributed by atoms with Gasteiger partial charge in [-0.25, -0.2) is 9.69 Å². The summed E-state index contributed by atoms with van der Waals surface area (Å²) in [6, 6.07) is 17.2. The Balaban J connectivity index is 1.63. The molecule has 0 unspecified atom stereocenters. The largest absolute Gasteiger partial charge is 0.497 e. The number of hydrogen-bond acceptors (Lipinski definition) is 4. The van der Waals surface area contributed by atoms with E-state index < -0.39 is 6.09 Å². The van der Waals surface area contributed by atoms with Crippen molar-refractivity contribution in [2.45, 2.75) is 25.3 Å². The van der Waals surface area contributed by atoms with E-state index in [2.05, 4.69) is 0 Å². The van der Waals surface area contributed by atoms with E-state index in [4.69, 9.17) is 9.47 Å². The van der Waals surface area contributed by atoms with Crippen molar-refractivity contribution in [1.82, 2.24) is 4.90 Å². The first-order valence-corrected chi connectivity index (χ1v) is 8.33. The lowest BCUT2D eigenvalue weighted by molar-refractivity contribution is -0.129. The van der Waals surface area contributed by atoms with Crippen LogP contribution in [0.5, 0.6) is 5.75 Å². The lowest BCUT2D eigenvalue weighted by Crippen LogP contribution is -2.40. The molecule has 2 aromatic rings. The number of carbonyl (C=O) groups is 2. The first-order chi connectivity index (χ1) is 12.2. The molecule has 1 atom stereocenters. The third kappa shape index (κ3) is 4.18. The number of carbonyl (C=O) groups excluding carboxylic acids is 2. The number of cyclic esters (lactones) is 1. The smallest absolute Gasteiger partial charge is 0.416 e. The van der Waals surface area contributed by atoms with Gasteiger partial charge in [0.15, 0.2) is 0 Å². The highest BCUT2D eigenvalue weighted by Gasteiger charge is 2.37. The number of nitrogens with zero attached hydrogens (tertiary/aromatic N) is 1. The molecular weight excluding hydrogens is 318 g/mol. The number of benzene rings is 2. The summed E-state index contributed by atoms with van der Waals surface area (Å²) in [6.07, 6.45) is 0.875. The molecule has 3 rings (SSSR count). The summed E-state index contributed by atoms with van der Waals surface area (Å²) in [7, 11) is 1.61. The van der Waals surface area contributed by atoms with Gasteiger partial charge in [-0.05, 0) is 36.1 Å². The van der Waals surface area contributed by atoms with Crippen LogP contribution < -0.4 is 4.74 Å². The lowest BCUT2D eigenvalue weighted by atomic mass is 10.0. The zero-order valence-electron chi connectivity index (χ0n) is 14.2. The van der Waals surface area contributed by atoms with E-state index in [0.29, 0.717) is 12.8 Å². The molecular formula is C20H21NO4. The molecule has 5 heteroatoms. The molecule has 2 amide bonds. The molecule has 0 spiro atoms. The van der Waals surface area contributed by atoms with E-state index in [0.717, 1.165) is 16.9 Å². The Morgan fingerprint density at radius 2 is 1.92 bits per heavy atom. The third-order valence-electron chi connectivity index (χ3n) is 4.31. The molecule has 2 aromatic carbocycles. The van der Waals surface area contributed by atoms with Crippen LogP contribution in [0.25, 0.3) is 0 Å². The van der Waals surface area contributed by atoms with Gasteiger partial charge in [-0.1, -0.05) is 42.5 Å². The normalized spacial score (nSPS) is 16.6. The number of aryl methyl sites for hydroxylation is 1. The molecule has 1 heterocycles. The summed E-state index contributed by atoms with van der Waals surface area (Å²) < 4.78 is 10.3. The number of hydrogen-bond donors (Lipinski definition) is 0. The Morgan fingerprint density at radius 3 is 2.68 bits per heavy atom. The van der Waals surface area contributed by atoms with Gasteiger partial charge in [-0.3, -0.25) is 4.79 Å². The second kappa shape index (κ2) is 7.83. The molecule has 0 aliphatic carbocycles. The van der Waals surface area contributed by atoms with Crippen molar-refractivity contribution in [3.63, 3.8) is 0 Å². The van der Waals surface area contributed by atoms with Gasteiger partial charge in [0.25, 0.3) is 0 Å². The van der Waals surface area contributed by atoms with Crippen LogP contribution in [-0.4, -0.2) is 36.7 Å². The van der Waals surface area contributed by atoms with Gasteiger partial charge in [0.2, 0.25) is 5.91 Å². The van der Waals surface area contributed by atoms with Gasteiger partial charge in [0, 0.05) is 6.42 Å². The van der Waals surface area contributed by atoms with E-state index in [9.17, 15) is 9.59 Å². The number of amides is 2. The summed E-state index contributed by atoms with van der Waals surface area (Å²) in [5.74, 6) is 0.554. The lowest BCUT2D eigenvalue weighted by Gasteiger charge is -2.19. The van der Waals surface area contributed by atoms with Crippen molar-refractivity contribution in [2.24, 2.45) is 0 Å². The molecule has 5 nitrogen and oxygen atoms in total. The molecule has 0 N–H and O–H groups in total. The fourth-order valence-electron chi connectivity index (χ4n) is 3.00. The topological polar surface area (TPSA) is 55.8 Å². The highest BCUT2D eigenvalue weighted by atomic mass is 16.6. The van der Waals surface area contributed by atoms with Crippen molar-refractivity contribution in [1.29, 1.82) is 0 Å². The summed E-state index contributed by atoms with van der Waals surface area (Å²) in [5.41, 5.74) is 2.08. The monoisotopic (exact) mass is 339 g/mol. The van der Waals surface area contributed by atoms with Crippen LogP contribution in [0.15, 0.2) is 54.6 Å². The number of rotatable bonds is 6. The van der Waals surface area contributed by atoms with Gasteiger partial charge in [0.1, 0.15) is 12.4 Å². The minimum atomic E-state index is -0.545. The Kier molecular flexibility index (Phi) is 5.33. The molecule has 25 heavy (non-hydrogen) atoms. The van der Waals surface area contributed by atoms with Crippen LogP contribution in [0.3, 0.4) is 0 Å². The minimum absolute atomic E-state index is 0.203. The first-order valence-electron chi connectivity index (χ1n) is 8.33. The number of methoxy groups -OCH3 is 1. The van der Waals surface area contributed by atoms with E-state index >= 15 is 0 Å². The molecule has 1 aliphatic rings. The van der Waals surface area contributed by atoms with Crippen molar-refractivity contribution in [3.8, 4) is 5.75 Å². The van der Waals surface area contributed by atoms with Crippen LogP contribution in [0, 0.1) is 0 Å². The molecule has 1 saturated heterocycles. The van der Waals surface area contributed by atoms with Crippen LogP contribution in [0.2, 0.25) is 0 Å². The van der Waals surface area contributed by atoms with E-state index in [1.54, 1.807) is 7.11 Å². The highest BCUT2D eigenvalue weighted by Crippen LogP contribution is 2.20. The summed E-state index contributed by atoms with van der Waals surface area (Å²) >= 11 is 0. The van der Waals surface area contributed by atoms with Gasteiger partial charge < -0.3 is 9.47 Å². The Labute approximate surface area is 147 Å². The van der Waals surface area contributed by atoms with Crippen LogP contribution in [0.1, 0.15) is 17.5 Å². The predicted molar refractivity (Wildman–Crippen MR) is 93.4 cm³/mol. The SMILES string of the molecule is COc1cccc(CCC(=O)N2C(=O)OC[C@@H]2Cc2ccccc2)c1. The number of imide groups is 1. The average Bonchev–Trinajstić information content (AvgIpc) is 3.01. The summed E-state index contributed by atoms with van der Waals surface area (Å²) in [4.78, 5) is 25.8. The second-order valence-electron chi connectivity index (χ2n) is 6.04. The third-order valence-corrected chi connectivity index (χ3v) is 4.31. The Hall–Kier alpha value is -2.82. The van der Waals surface area contributed by atoms with Crippen molar-refractivity contribution >= 4 is 12.0 Å². The summed E-state index contributed by atoms with van der Waals surface area (Å²) in [6.45, 7) is 0.249. The predicted octanol–water partition coefficient (Wildman–Crippen LogP) is 3.22. The first kappa shape index (κ1) is 17.0. The summed E-state index contributed by atoms with van der Waals surface area (Å²) in [5, 5.41) is 0. The fraction of sp³-hybridized carbons (Fsp3) is 0.300. The zero-order chi connectivity index (χ0) is 17.6. The molecule has 130 valence electrons. The maximum absolute atomic E-state index is 12.6. The standard InChI is InChI=1S/C20H21NO4/c1-24-18-9-5-8-16(13-18)10-11-19(22)21-17(14-25-20(21)23)12-15-6-3-2-4-7-15/h2-9,13,17H,10-12,14H2,1H3/t17-/m0/s1. The van der Waals surface area contributed by atoms with Gasteiger partial charge in [-0.15, -0.1) is 0 Å². The van der Waals surface area contributed by atoms with E-state index in [-0.39, 0.29) is 25.0 Å². The zero-order valence-corrected chi connectivity index (χ0v) is 14.2. The Morgan fingerprint density at radius 1 is 1.16 bits per heavy atom. The van der Waals surface area contributed by atoms with Gasteiger partial charge in [-0.2, -0.15) is 0 Å². The van der Waals surface area contributed by atoms with Crippen molar-refractivity contribution in [2.75, 3.05) is 13.7 Å². The minimum Gasteiger partial charge on any atom is -0.497 e. The maximum Gasteiger partial charge on any atom is 0.416 e. The van der Waals surface area contributed by atoms with Crippen molar-refractivity contribution < 1.29 is 19.1 Å². The van der Waals surface area contributed by atoms with Gasteiger partial charge >= 0.3 is 6.09 Å².